The fraction of sp³-hybridized carbons (Fsp3) is 0.222. The average molecular weight is 293 g/mol. The van der Waals surface area contributed by atoms with Crippen molar-refractivity contribution in [3.05, 3.63) is 34.9 Å². The Morgan fingerprint density at radius 1 is 0.889 bits per heavy atom. The molecule has 1 radical (unpaired) electrons. The maximum atomic E-state index is 10.8. The van der Waals surface area contributed by atoms with Crippen molar-refractivity contribution in [2.45, 2.75) is 12.3 Å². The first kappa shape index (κ1) is 15.2. The van der Waals surface area contributed by atoms with Crippen LogP contribution in [0.2, 0.25) is 0 Å². The summed E-state index contributed by atoms with van der Waals surface area (Å²) in [5.41, 5.74) is 0.254. The Morgan fingerprint density at radius 2 is 1.28 bits per heavy atom. The molecule has 0 aromatic heterocycles. The molecule has 0 aliphatic rings. The standard InChI is InChI=1S/C9H11O7P2/c10-4-7-1-8(5-17(11,12)13)3-9(2-7)6-18(14,15)16/h1-3H,5-6H2,(H2,11,12,13)(H2,14,15,16). The highest BCUT2D eigenvalue weighted by molar-refractivity contribution is 7.51. The lowest BCUT2D eigenvalue weighted by Gasteiger charge is -2.09. The van der Waals surface area contributed by atoms with E-state index in [-0.39, 0.29) is 16.7 Å². The second kappa shape index (κ2) is 5.45. The van der Waals surface area contributed by atoms with Gasteiger partial charge < -0.3 is 19.6 Å². The first-order valence-corrected chi connectivity index (χ1v) is 8.29. The van der Waals surface area contributed by atoms with Gasteiger partial charge >= 0.3 is 15.2 Å². The molecule has 18 heavy (non-hydrogen) atoms. The van der Waals surface area contributed by atoms with Crippen LogP contribution < -0.4 is 0 Å². The summed E-state index contributed by atoms with van der Waals surface area (Å²) in [6, 6.07) is 3.68. The number of hydrogen-bond donors (Lipinski definition) is 4. The van der Waals surface area contributed by atoms with Crippen molar-refractivity contribution in [3.8, 4) is 0 Å². The molecular weight excluding hydrogens is 282 g/mol. The lowest BCUT2D eigenvalue weighted by molar-refractivity contribution is 0.370. The van der Waals surface area contributed by atoms with Crippen LogP contribution >= 0.6 is 15.2 Å². The smallest absolute Gasteiger partial charge is 0.324 e. The van der Waals surface area contributed by atoms with Gasteiger partial charge in [-0.05, 0) is 23.3 Å². The average Bonchev–Trinajstić information content (AvgIpc) is 2.11. The zero-order valence-corrected chi connectivity index (χ0v) is 10.8. The van der Waals surface area contributed by atoms with Crippen molar-refractivity contribution < 1.29 is 33.5 Å². The van der Waals surface area contributed by atoms with Crippen LogP contribution in [0.15, 0.2) is 18.2 Å². The molecule has 0 aliphatic carbocycles. The highest BCUT2D eigenvalue weighted by atomic mass is 31.2. The molecule has 4 N–H and O–H groups in total. The van der Waals surface area contributed by atoms with Crippen LogP contribution in [-0.2, 0) is 26.2 Å². The minimum atomic E-state index is -4.31. The van der Waals surface area contributed by atoms with Crippen LogP contribution in [-0.4, -0.2) is 25.9 Å². The number of rotatable bonds is 5. The van der Waals surface area contributed by atoms with E-state index < -0.39 is 27.5 Å². The fourth-order valence-electron chi connectivity index (χ4n) is 1.48. The van der Waals surface area contributed by atoms with E-state index in [0.717, 1.165) is 0 Å². The molecule has 1 rings (SSSR count). The summed E-state index contributed by atoms with van der Waals surface area (Å²) >= 11 is 0. The lowest BCUT2D eigenvalue weighted by atomic mass is 10.1. The Bertz CT molecular complexity index is 500. The number of carbonyl (C=O) groups excluding carboxylic acids is 1. The Kier molecular flexibility index (Phi) is 4.61. The molecule has 1 aromatic rings. The molecule has 0 atom stereocenters. The molecule has 7 nitrogen and oxygen atoms in total. The van der Waals surface area contributed by atoms with Crippen molar-refractivity contribution in [1.82, 2.24) is 0 Å². The Hall–Kier alpha value is -0.810. The largest absolute Gasteiger partial charge is 0.329 e. The van der Waals surface area contributed by atoms with Crippen molar-refractivity contribution in [1.29, 1.82) is 0 Å². The van der Waals surface area contributed by atoms with E-state index in [1.807, 2.05) is 0 Å². The van der Waals surface area contributed by atoms with E-state index >= 15 is 0 Å². The lowest BCUT2D eigenvalue weighted by Crippen LogP contribution is -1.95. The van der Waals surface area contributed by atoms with Gasteiger partial charge in [0.25, 0.3) is 0 Å². The summed E-state index contributed by atoms with van der Waals surface area (Å²) in [6.45, 7) is 0. The van der Waals surface area contributed by atoms with Gasteiger partial charge in [0.05, 0.1) is 12.3 Å². The van der Waals surface area contributed by atoms with E-state index in [9.17, 15) is 13.9 Å². The molecule has 99 valence electrons. The van der Waals surface area contributed by atoms with Gasteiger partial charge in [0.1, 0.15) is 0 Å². The second-order valence-corrected chi connectivity index (χ2v) is 7.08. The van der Waals surface area contributed by atoms with Crippen LogP contribution in [0, 0.1) is 0 Å². The first-order valence-electron chi connectivity index (χ1n) is 4.69. The first-order chi connectivity index (χ1) is 8.09. The van der Waals surface area contributed by atoms with Crippen molar-refractivity contribution >= 4 is 21.5 Å². The second-order valence-electron chi connectivity index (χ2n) is 3.79. The zero-order valence-electron chi connectivity index (χ0n) is 9.05. The van der Waals surface area contributed by atoms with E-state index in [2.05, 4.69) is 0 Å². The Morgan fingerprint density at radius 3 is 1.56 bits per heavy atom. The topological polar surface area (TPSA) is 132 Å². The van der Waals surface area contributed by atoms with Gasteiger partial charge in [-0.15, -0.1) is 0 Å². The van der Waals surface area contributed by atoms with Gasteiger partial charge in [-0.2, -0.15) is 0 Å². The molecule has 0 fully saturated rings. The van der Waals surface area contributed by atoms with Crippen LogP contribution in [0.5, 0.6) is 0 Å². The van der Waals surface area contributed by atoms with Gasteiger partial charge in [0.2, 0.25) is 6.29 Å². The minimum Gasteiger partial charge on any atom is -0.324 e. The van der Waals surface area contributed by atoms with E-state index in [4.69, 9.17) is 19.6 Å². The summed E-state index contributed by atoms with van der Waals surface area (Å²) in [6.07, 6.45) is 0.322. The third-order valence-electron chi connectivity index (χ3n) is 1.95. The minimum absolute atomic E-state index is 0.00981. The molecule has 0 bridgehead atoms. The predicted molar refractivity (Wildman–Crippen MR) is 62.7 cm³/mol. The molecule has 0 unspecified atom stereocenters. The van der Waals surface area contributed by atoms with E-state index in [1.54, 1.807) is 0 Å². The highest BCUT2D eigenvalue weighted by Crippen LogP contribution is 2.42. The normalized spacial score (nSPS) is 12.4. The molecule has 0 heterocycles. The van der Waals surface area contributed by atoms with E-state index in [1.165, 1.54) is 24.5 Å². The number of hydrogen-bond acceptors (Lipinski definition) is 3. The molecular formula is C9H11O7P2. The molecule has 1 aromatic carbocycles. The maximum Gasteiger partial charge on any atom is 0.329 e. The highest BCUT2D eigenvalue weighted by Gasteiger charge is 2.18. The van der Waals surface area contributed by atoms with Gasteiger partial charge in [-0.3, -0.25) is 13.9 Å². The van der Waals surface area contributed by atoms with Crippen LogP contribution in [0.1, 0.15) is 16.7 Å². The fourth-order valence-corrected chi connectivity index (χ4v) is 2.80. The van der Waals surface area contributed by atoms with Crippen molar-refractivity contribution in [2.75, 3.05) is 0 Å². The van der Waals surface area contributed by atoms with Crippen LogP contribution in [0.4, 0.5) is 0 Å². The van der Waals surface area contributed by atoms with Crippen LogP contribution in [0.3, 0.4) is 0 Å². The van der Waals surface area contributed by atoms with E-state index in [0.29, 0.717) is 0 Å². The number of benzene rings is 1. The summed E-state index contributed by atoms with van der Waals surface area (Å²) in [5, 5.41) is 0. The van der Waals surface area contributed by atoms with Gasteiger partial charge in [0, 0.05) is 5.56 Å². The van der Waals surface area contributed by atoms with Crippen LogP contribution in [0.25, 0.3) is 0 Å². The third kappa shape index (κ3) is 5.69. The molecule has 9 heteroatoms. The predicted octanol–water partition coefficient (Wildman–Crippen LogP) is 0.500. The van der Waals surface area contributed by atoms with Gasteiger partial charge in [0.15, 0.2) is 0 Å². The van der Waals surface area contributed by atoms with Crippen molar-refractivity contribution in [2.24, 2.45) is 0 Å². The quantitative estimate of drug-likeness (QED) is 0.581. The molecule has 0 saturated carbocycles. The van der Waals surface area contributed by atoms with Gasteiger partial charge in [-0.1, -0.05) is 6.07 Å². The Labute approximate surface area is 103 Å². The molecule has 0 aliphatic heterocycles. The summed E-state index contributed by atoms with van der Waals surface area (Å²) < 4.78 is 21.7. The maximum absolute atomic E-state index is 10.8. The molecule has 0 amide bonds. The monoisotopic (exact) mass is 293 g/mol. The summed E-state index contributed by atoms with van der Waals surface area (Å²) in [5.74, 6) is 0. The van der Waals surface area contributed by atoms with Crippen molar-refractivity contribution in [3.63, 3.8) is 0 Å². The Balaban J connectivity index is 3.13. The summed E-state index contributed by atoms with van der Waals surface area (Å²) in [7, 11) is -8.63. The molecule has 0 saturated heterocycles. The SMILES string of the molecule is O=[C]c1cc(CP(=O)(O)O)cc(CP(=O)(O)O)c1. The van der Waals surface area contributed by atoms with Gasteiger partial charge in [-0.25, -0.2) is 0 Å². The zero-order chi connectivity index (χ0) is 14.0. The summed E-state index contributed by atoms with van der Waals surface area (Å²) in [4.78, 5) is 45.8. The molecule has 0 spiro atoms. The third-order valence-corrected chi connectivity index (χ3v) is 3.50.